The van der Waals surface area contributed by atoms with Crippen molar-refractivity contribution in [1.29, 1.82) is 0 Å². The Labute approximate surface area is 84.7 Å². The third kappa shape index (κ3) is 2.77. The van der Waals surface area contributed by atoms with Crippen molar-refractivity contribution in [3.63, 3.8) is 0 Å². The molecule has 5 N–H and O–H groups in total. The second-order valence-electron chi connectivity index (χ2n) is 4.14. The third-order valence-corrected chi connectivity index (χ3v) is 3.14. The normalized spacial score (nSPS) is 29.9. The van der Waals surface area contributed by atoms with Gasteiger partial charge in [-0.15, -0.1) is 0 Å². The van der Waals surface area contributed by atoms with Crippen molar-refractivity contribution in [2.45, 2.75) is 31.7 Å². The first-order chi connectivity index (χ1) is 6.69. The van der Waals surface area contributed by atoms with E-state index in [0.717, 1.165) is 25.7 Å². The lowest BCUT2D eigenvalue weighted by molar-refractivity contribution is -0.126. The Kier molecular flexibility index (Phi) is 4.51. The summed E-state index contributed by atoms with van der Waals surface area (Å²) in [5.74, 6) is 0.646. The average molecular weight is 200 g/mol. The molecule has 14 heavy (non-hydrogen) atoms. The van der Waals surface area contributed by atoms with Crippen LogP contribution in [0.2, 0.25) is 0 Å². The highest BCUT2D eigenvalue weighted by molar-refractivity contribution is 5.86. The van der Waals surface area contributed by atoms with Crippen molar-refractivity contribution in [2.75, 3.05) is 13.2 Å². The standard InChI is InChI=1S/C10H20N2O2/c11-5-7-1-3-8(4-2-7)10(14)9(12)6-13/h7-9,13H,1-6,11-12H2/t7?,8?,9-/m0/s1. The average Bonchev–Trinajstić information content (AvgIpc) is 2.27. The van der Waals surface area contributed by atoms with Gasteiger partial charge in [0.2, 0.25) is 0 Å². The quantitative estimate of drug-likeness (QED) is 0.578. The van der Waals surface area contributed by atoms with E-state index in [0.29, 0.717) is 12.5 Å². The highest BCUT2D eigenvalue weighted by Gasteiger charge is 2.28. The second-order valence-corrected chi connectivity index (χ2v) is 4.14. The maximum atomic E-state index is 11.6. The lowest BCUT2D eigenvalue weighted by atomic mass is 9.79. The molecule has 0 saturated heterocycles. The minimum Gasteiger partial charge on any atom is -0.394 e. The van der Waals surface area contributed by atoms with Gasteiger partial charge in [-0.05, 0) is 38.1 Å². The zero-order valence-electron chi connectivity index (χ0n) is 8.48. The first-order valence-corrected chi connectivity index (χ1v) is 5.29. The predicted molar refractivity (Wildman–Crippen MR) is 54.6 cm³/mol. The van der Waals surface area contributed by atoms with E-state index in [-0.39, 0.29) is 18.3 Å². The summed E-state index contributed by atoms with van der Waals surface area (Å²) in [4.78, 5) is 11.6. The first kappa shape index (κ1) is 11.6. The molecule has 0 heterocycles. The number of hydrogen-bond acceptors (Lipinski definition) is 4. The van der Waals surface area contributed by atoms with Gasteiger partial charge in [0.15, 0.2) is 5.78 Å². The molecule has 1 aliphatic rings. The number of carbonyl (C=O) groups is 1. The summed E-state index contributed by atoms with van der Waals surface area (Å²) in [7, 11) is 0. The van der Waals surface area contributed by atoms with E-state index in [4.69, 9.17) is 16.6 Å². The molecule has 0 bridgehead atoms. The molecule has 0 radical (unpaired) electrons. The Bertz CT molecular complexity index is 189. The number of ketones is 1. The van der Waals surface area contributed by atoms with Gasteiger partial charge in [-0.2, -0.15) is 0 Å². The number of rotatable bonds is 4. The van der Waals surface area contributed by atoms with E-state index in [1.54, 1.807) is 0 Å². The molecule has 0 aromatic heterocycles. The Morgan fingerprint density at radius 2 is 1.93 bits per heavy atom. The lowest BCUT2D eigenvalue weighted by Gasteiger charge is -2.27. The Morgan fingerprint density at radius 1 is 1.36 bits per heavy atom. The summed E-state index contributed by atoms with van der Waals surface area (Å²) in [5, 5.41) is 8.77. The summed E-state index contributed by atoms with van der Waals surface area (Å²) in [6.45, 7) is 0.475. The SMILES string of the molecule is NCC1CCC(C(=O)[C@@H](N)CO)CC1. The van der Waals surface area contributed by atoms with Gasteiger partial charge in [-0.3, -0.25) is 4.79 Å². The molecule has 1 saturated carbocycles. The largest absolute Gasteiger partial charge is 0.394 e. The van der Waals surface area contributed by atoms with Crippen LogP contribution in [0.5, 0.6) is 0 Å². The van der Waals surface area contributed by atoms with Gasteiger partial charge < -0.3 is 16.6 Å². The predicted octanol–water partition coefficient (Wildman–Crippen LogP) is -0.360. The van der Waals surface area contributed by atoms with Crippen LogP contribution in [-0.4, -0.2) is 30.1 Å². The van der Waals surface area contributed by atoms with Gasteiger partial charge in [0.05, 0.1) is 12.6 Å². The van der Waals surface area contributed by atoms with Gasteiger partial charge in [0, 0.05) is 5.92 Å². The Hall–Kier alpha value is -0.450. The molecule has 0 aromatic rings. The van der Waals surface area contributed by atoms with Crippen molar-refractivity contribution in [2.24, 2.45) is 23.3 Å². The lowest BCUT2D eigenvalue weighted by Crippen LogP contribution is -2.40. The summed E-state index contributed by atoms with van der Waals surface area (Å²) >= 11 is 0. The van der Waals surface area contributed by atoms with E-state index in [2.05, 4.69) is 0 Å². The number of hydrogen-bond donors (Lipinski definition) is 3. The topological polar surface area (TPSA) is 89.3 Å². The van der Waals surface area contributed by atoms with E-state index >= 15 is 0 Å². The summed E-state index contributed by atoms with van der Waals surface area (Å²) < 4.78 is 0. The van der Waals surface area contributed by atoms with Crippen LogP contribution < -0.4 is 11.5 Å². The van der Waals surface area contributed by atoms with Crippen molar-refractivity contribution < 1.29 is 9.90 Å². The molecule has 0 unspecified atom stereocenters. The Morgan fingerprint density at radius 3 is 2.36 bits per heavy atom. The molecule has 1 rings (SSSR count). The van der Waals surface area contributed by atoms with Crippen LogP contribution in [0, 0.1) is 11.8 Å². The van der Waals surface area contributed by atoms with Crippen LogP contribution in [0.25, 0.3) is 0 Å². The summed E-state index contributed by atoms with van der Waals surface area (Å²) in [6.07, 6.45) is 3.80. The molecule has 0 spiro atoms. The van der Waals surface area contributed by atoms with Crippen molar-refractivity contribution in [3.8, 4) is 0 Å². The van der Waals surface area contributed by atoms with Crippen LogP contribution in [0.1, 0.15) is 25.7 Å². The first-order valence-electron chi connectivity index (χ1n) is 5.29. The molecule has 4 heteroatoms. The maximum Gasteiger partial charge on any atom is 0.154 e. The van der Waals surface area contributed by atoms with Crippen LogP contribution in [0.15, 0.2) is 0 Å². The van der Waals surface area contributed by atoms with Crippen LogP contribution in [0.3, 0.4) is 0 Å². The zero-order chi connectivity index (χ0) is 10.6. The number of Topliss-reactive ketones (excluding diaryl/α,β-unsaturated/α-hetero) is 1. The van der Waals surface area contributed by atoms with Crippen molar-refractivity contribution >= 4 is 5.78 Å². The van der Waals surface area contributed by atoms with Gasteiger partial charge in [0.1, 0.15) is 0 Å². The molecule has 0 aliphatic heterocycles. The molecule has 1 atom stereocenters. The highest BCUT2D eigenvalue weighted by Crippen LogP contribution is 2.29. The minimum atomic E-state index is -0.686. The van der Waals surface area contributed by atoms with Crippen LogP contribution in [-0.2, 0) is 4.79 Å². The van der Waals surface area contributed by atoms with Crippen molar-refractivity contribution in [1.82, 2.24) is 0 Å². The zero-order valence-corrected chi connectivity index (χ0v) is 8.48. The van der Waals surface area contributed by atoms with Gasteiger partial charge in [0.25, 0.3) is 0 Å². The minimum absolute atomic E-state index is 0.0166. The van der Waals surface area contributed by atoms with E-state index < -0.39 is 6.04 Å². The molecule has 0 aromatic carbocycles. The molecule has 4 nitrogen and oxygen atoms in total. The number of aliphatic hydroxyl groups is 1. The van der Waals surface area contributed by atoms with Crippen LogP contribution >= 0.6 is 0 Å². The summed E-state index contributed by atoms with van der Waals surface area (Å²) in [5.41, 5.74) is 11.1. The third-order valence-electron chi connectivity index (χ3n) is 3.14. The van der Waals surface area contributed by atoms with Crippen LogP contribution in [0.4, 0.5) is 0 Å². The molecular formula is C10H20N2O2. The Balaban J connectivity index is 2.37. The summed E-state index contributed by atoms with van der Waals surface area (Å²) in [6, 6.07) is -0.686. The van der Waals surface area contributed by atoms with Gasteiger partial charge in [-0.1, -0.05) is 0 Å². The molecular weight excluding hydrogens is 180 g/mol. The number of aliphatic hydroxyl groups excluding tert-OH is 1. The highest BCUT2D eigenvalue weighted by atomic mass is 16.3. The molecule has 1 aliphatic carbocycles. The van der Waals surface area contributed by atoms with E-state index in [1.165, 1.54) is 0 Å². The fourth-order valence-electron chi connectivity index (χ4n) is 2.08. The fraction of sp³-hybridized carbons (Fsp3) is 0.900. The van der Waals surface area contributed by atoms with Crippen molar-refractivity contribution in [3.05, 3.63) is 0 Å². The van der Waals surface area contributed by atoms with Gasteiger partial charge in [-0.25, -0.2) is 0 Å². The smallest absolute Gasteiger partial charge is 0.154 e. The second kappa shape index (κ2) is 5.44. The van der Waals surface area contributed by atoms with E-state index in [1.807, 2.05) is 0 Å². The maximum absolute atomic E-state index is 11.6. The molecule has 1 fully saturated rings. The fourth-order valence-corrected chi connectivity index (χ4v) is 2.08. The molecule has 82 valence electrons. The monoisotopic (exact) mass is 200 g/mol. The molecule has 0 amide bonds. The van der Waals surface area contributed by atoms with Gasteiger partial charge >= 0.3 is 0 Å². The van der Waals surface area contributed by atoms with E-state index in [9.17, 15) is 4.79 Å². The number of carbonyl (C=O) groups excluding carboxylic acids is 1. The number of nitrogens with two attached hydrogens (primary N) is 2.